The van der Waals surface area contributed by atoms with E-state index in [1.54, 1.807) is 13.2 Å². The summed E-state index contributed by atoms with van der Waals surface area (Å²) in [5, 5.41) is 13.9. The molecule has 6 heteroatoms. The van der Waals surface area contributed by atoms with Crippen molar-refractivity contribution >= 4 is 11.4 Å². The van der Waals surface area contributed by atoms with Crippen LogP contribution in [-0.2, 0) is 6.54 Å². The lowest BCUT2D eigenvalue weighted by Crippen LogP contribution is -2.02. The fraction of sp³-hybridized carbons (Fsp3) is 0.200. The Kier molecular flexibility index (Phi) is 4.61. The van der Waals surface area contributed by atoms with Gasteiger partial charge in [0, 0.05) is 12.6 Å². The Morgan fingerprint density at radius 1 is 1.14 bits per heavy atom. The number of benzene rings is 2. The van der Waals surface area contributed by atoms with Crippen molar-refractivity contribution in [2.45, 2.75) is 6.54 Å². The Hall–Kier alpha value is -2.76. The molecule has 0 aliphatic carbocycles. The Morgan fingerprint density at radius 2 is 1.95 bits per heavy atom. The fourth-order valence-corrected chi connectivity index (χ4v) is 1.92. The molecule has 6 nitrogen and oxygen atoms in total. The van der Waals surface area contributed by atoms with Gasteiger partial charge in [0.25, 0.3) is 5.69 Å². The van der Waals surface area contributed by atoms with E-state index in [-0.39, 0.29) is 5.69 Å². The maximum atomic E-state index is 10.7. The second-order valence-corrected chi connectivity index (χ2v) is 4.35. The summed E-state index contributed by atoms with van der Waals surface area (Å²) >= 11 is 0. The van der Waals surface area contributed by atoms with Crippen molar-refractivity contribution < 1.29 is 14.4 Å². The molecule has 2 aromatic rings. The third kappa shape index (κ3) is 3.62. The van der Waals surface area contributed by atoms with Gasteiger partial charge in [0.1, 0.15) is 11.5 Å². The van der Waals surface area contributed by atoms with Crippen LogP contribution in [0, 0.1) is 10.1 Å². The Bertz CT molecular complexity index is 643. The van der Waals surface area contributed by atoms with Crippen molar-refractivity contribution in [3.05, 3.63) is 58.1 Å². The summed E-state index contributed by atoms with van der Waals surface area (Å²) in [5.41, 5.74) is 1.74. The van der Waals surface area contributed by atoms with Crippen LogP contribution in [0.4, 0.5) is 11.4 Å². The summed E-state index contributed by atoms with van der Waals surface area (Å²) in [6, 6.07) is 12.1. The van der Waals surface area contributed by atoms with E-state index in [1.807, 2.05) is 24.3 Å². The summed E-state index contributed by atoms with van der Waals surface area (Å²) in [5.74, 6) is 1.22. The first-order valence-electron chi connectivity index (χ1n) is 6.33. The highest BCUT2D eigenvalue weighted by molar-refractivity contribution is 5.60. The molecule has 0 atom stereocenters. The molecule has 0 saturated heterocycles. The molecule has 0 radical (unpaired) electrons. The molecule has 2 aromatic carbocycles. The number of methoxy groups -OCH3 is 2. The number of nitro benzene ring substituents is 1. The zero-order valence-electron chi connectivity index (χ0n) is 11.8. The third-order valence-electron chi connectivity index (χ3n) is 3.01. The molecular weight excluding hydrogens is 272 g/mol. The SMILES string of the molecule is COc1cccc(CNc2ccc([N+](=O)[O-])cc2OC)c1. The molecule has 1 N–H and O–H groups in total. The smallest absolute Gasteiger partial charge is 0.273 e. The highest BCUT2D eigenvalue weighted by Crippen LogP contribution is 2.29. The first kappa shape index (κ1) is 14.6. The number of rotatable bonds is 6. The van der Waals surface area contributed by atoms with E-state index in [4.69, 9.17) is 9.47 Å². The van der Waals surface area contributed by atoms with Gasteiger partial charge in [0.05, 0.1) is 30.9 Å². The van der Waals surface area contributed by atoms with Gasteiger partial charge in [-0.05, 0) is 23.8 Å². The topological polar surface area (TPSA) is 73.6 Å². The molecule has 0 fully saturated rings. The van der Waals surface area contributed by atoms with E-state index in [1.165, 1.54) is 19.2 Å². The molecule has 0 unspecified atom stereocenters. The van der Waals surface area contributed by atoms with Crippen LogP contribution in [0.25, 0.3) is 0 Å². The zero-order chi connectivity index (χ0) is 15.2. The minimum atomic E-state index is -0.450. The quantitative estimate of drug-likeness (QED) is 0.652. The van der Waals surface area contributed by atoms with Gasteiger partial charge >= 0.3 is 0 Å². The fourth-order valence-electron chi connectivity index (χ4n) is 1.92. The van der Waals surface area contributed by atoms with Crippen molar-refractivity contribution in [3.63, 3.8) is 0 Å². The Labute approximate surface area is 122 Å². The van der Waals surface area contributed by atoms with Crippen LogP contribution in [0.5, 0.6) is 11.5 Å². The highest BCUT2D eigenvalue weighted by Gasteiger charge is 2.11. The normalized spacial score (nSPS) is 10.0. The van der Waals surface area contributed by atoms with Crippen LogP contribution in [0.1, 0.15) is 5.56 Å². The molecule has 0 spiro atoms. The number of ether oxygens (including phenoxy) is 2. The molecule has 0 bridgehead atoms. The highest BCUT2D eigenvalue weighted by atomic mass is 16.6. The number of nitrogens with one attached hydrogen (secondary N) is 1. The van der Waals surface area contributed by atoms with Crippen molar-refractivity contribution in [2.24, 2.45) is 0 Å². The predicted molar refractivity (Wildman–Crippen MR) is 80.0 cm³/mol. The van der Waals surface area contributed by atoms with E-state index in [0.717, 1.165) is 11.3 Å². The van der Waals surface area contributed by atoms with Gasteiger partial charge in [-0.3, -0.25) is 10.1 Å². The number of nitrogens with zero attached hydrogens (tertiary/aromatic N) is 1. The van der Waals surface area contributed by atoms with Gasteiger partial charge in [-0.1, -0.05) is 12.1 Å². The van der Waals surface area contributed by atoms with Crippen LogP contribution < -0.4 is 14.8 Å². The molecule has 21 heavy (non-hydrogen) atoms. The molecule has 0 aromatic heterocycles. The predicted octanol–water partition coefficient (Wildman–Crippen LogP) is 3.22. The lowest BCUT2D eigenvalue weighted by molar-refractivity contribution is -0.384. The van der Waals surface area contributed by atoms with Crippen molar-refractivity contribution in [2.75, 3.05) is 19.5 Å². The Balaban J connectivity index is 2.13. The third-order valence-corrected chi connectivity index (χ3v) is 3.01. The first-order valence-corrected chi connectivity index (χ1v) is 6.33. The van der Waals surface area contributed by atoms with Crippen molar-refractivity contribution in [1.82, 2.24) is 0 Å². The summed E-state index contributed by atoms with van der Waals surface area (Å²) in [6.45, 7) is 0.561. The summed E-state index contributed by atoms with van der Waals surface area (Å²) in [7, 11) is 3.10. The van der Waals surface area contributed by atoms with Crippen LogP contribution in [0.15, 0.2) is 42.5 Å². The van der Waals surface area contributed by atoms with Gasteiger partial charge in [0.15, 0.2) is 0 Å². The number of hydrogen-bond acceptors (Lipinski definition) is 5. The minimum absolute atomic E-state index is 0.00113. The monoisotopic (exact) mass is 288 g/mol. The summed E-state index contributed by atoms with van der Waals surface area (Å²) < 4.78 is 10.3. The van der Waals surface area contributed by atoms with Crippen molar-refractivity contribution in [1.29, 1.82) is 0 Å². The van der Waals surface area contributed by atoms with Gasteiger partial charge in [-0.15, -0.1) is 0 Å². The van der Waals surface area contributed by atoms with Gasteiger partial charge in [-0.2, -0.15) is 0 Å². The second kappa shape index (κ2) is 6.60. The summed E-state index contributed by atoms with van der Waals surface area (Å²) in [6.07, 6.45) is 0. The van der Waals surface area contributed by atoms with E-state index in [2.05, 4.69) is 5.32 Å². The zero-order valence-corrected chi connectivity index (χ0v) is 11.8. The van der Waals surface area contributed by atoms with E-state index in [0.29, 0.717) is 18.0 Å². The maximum Gasteiger partial charge on any atom is 0.273 e. The first-order chi connectivity index (χ1) is 10.1. The number of hydrogen-bond donors (Lipinski definition) is 1. The molecule has 0 aliphatic heterocycles. The van der Waals surface area contributed by atoms with Crippen molar-refractivity contribution in [3.8, 4) is 11.5 Å². The lowest BCUT2D eigenvalue weighted by Gasteiger charge is -2.11. The molecular formula is C15H16N2O4. The van der Waals surface area contributed by atoms with Gasteiger partial charge < -0.3 is 14.8 Å². The van der Waals surface area contributed by atoms with Gasteiger partial charge in [-0.25, -0.2) is 0 Å². The molecule has 0 aliphatic rings. The summed E-state index contributed by atoms with van der Waals surface area (Å²) in [4.78, 5) is 10.3. The van der Waals surface area contributed by atoms with E-state index >= 15 is 0 Å². The number of nitro groups is 1. The van der Waals surface area contributed by atoms with Gasteiger partial charge in [0.2, 0.25) is 0 Å². The minimum Gasteiger partial charge on any atom is -0.497 e. The van der Waals surface area contributed by atoms with E-state index < -0.39 is 4.92 Å². The molecule has 2 rings (SSSR count). The van der Waals surface area contributed by atoms with Crippen LogP contribution in [0.3, 0.4) is 0 Å². The molecule has 0 saturated carbocycles. The Morgan fingerprint density at radius 3 is 2.62 bits per heavy atom. The second-order valence-electron chi connectivity index (χ2n) is 4.35. The van der Waals surface area contributed by atoms with Crippen LogP contribution >= 0.6 is 0 Å². The average Bonchev–Trinajstić information content (AvgIpc) is 2.52. The largest absolute Gasteiger partial charge is 0.497 e. The molecule has 0 amide bonds. The molecule has 110 valence electrons. The average molecular weight is 288 g/mol. The van der Waals surface area contributed by atoms with E-state index in [9.17, 15) is 10.1 Å². The molecule has 0 heterocycles. The van der Waals surface area contributed by atoms with Crippen LogP contribution in [0.2, 0.25) is 0 Å². The number of non-ortho nitro benzene ring substituents is 1. The van der Waals surface area contributed by atoms with Crippen LogP contribution in [-0.4, -0.2) is 19.1 Å². The standard InChI is InChI=1S/C15H16N2O4/c1-20-13-5-3-4-11(8-13)10-16-14-7-6-12(17(18)19)9-15(14)21-2/h3-9,16H,10H2,1-2H3. The maximum absolute atomic E-state index is 10.7. The lowest BCUT2D eigenvalue weighted by atomic mass is 10.2. The number of anilines is 1.